The van der Waals surface area contributed by atoms with E-state index in [1.165, 1.54) is 0 Å². The van der Waals surface area contributed by atoms with Gasteiger partial charge in [0, 0.05) is 33.2 Å². The molecule has 0 aliphatic rings. The van der Waals surface area contributed by atoms with E-state index in [9.17, 15) is 9.59 Å². The molecule has 2 aromatic rings. The van der Waals surface area contributed by atoms with E-state index >= 15 is 0 Å². The van der Waals surface area contributed by atoms with Crippen molar-refractivity contribution in [3.05, 3.63) is 50.7 Å². The zero-order valence-corrected chi connectivity index (χ0v) is 15.3. The molecule has 1 heterocycles. The van der Waals surface area contributed by atoms with Gasteiger partial charge in [0.15, 0.2) is 5.78 Å². The molecule has 128 valence electrons. The summed E-state index contributed by atoms with van der Waals surface area (Å²) in [6.45, 7) is 4.64. The number of carbonyl (C=O) groups is 2. The number of halogens is 1. The fourth-order valence-electron chi connectivity index (χ4n) is 2.27. The van der Waals surface area contributed by atoms with E-state index in [1.54, 1.807) is 35.6 Å². The Bertz CT molecular complexity index is 727. The summed E-state index contributed by atoms with van der Waals surface area (Å²) in [6.07, 6.45) is 0.405. The number of ketones is 1. The number of amides is 1. The van der Waals surface area contributed by atoms with Gasteiger partial charge in [-0.3, -0.25) is 9.59 Å². The van der Waals surface area contributed by atoms with E-state index in [0.717, 1.165) is 15.3 Å². The molecule has 1 N–H and O–H groups in total. The van der Waals surface area contributed by atoms with Crippen LogP contribution in [0.25, 0.3) is 0 Å². The summed E-state index contributed by atoms with van der Waals surface area (Å²) >= 11 is 7.46. The smallest absolute Gasteiger partial charge is 0.220 e. The zero-order chi connectivity index (χ0) is 17.5. The third-order valence-electron chi connectivity index (χ3n) is 3.41. The molecule has 0 fully saturated rings. The monoisotopic (exact) mass is 365 g/mol. The highest BCUT2D eigenvalue weighted by atomic mass is 35.5. The lowest BCUT2D eigenvalue weighted by Crippen LogP contribution is -2.28. The second-order valence-electron chi connectivity index (χ2n) is 5.41. The van der Waals surface area contributed by atoms with Gasteiger partial charge in [0.25, 0.3) is 0 Å². The minimum Gasteiger partial charge on any atom is -0.492 e. The predicted octanol–water partition coefficient (Wildman–Crippen LogP) is 4.18. The minimum absolute atomic E-state index is 0.0159. The Morgan fingerprint density at radius 3 is 2.67 bits per heavy atom. The molecule has 1 aromatic carbocycles. The van der Waals surface area contributed by atoms with Gasteiger partial charge in [0.05, 0.1) is 6.54 Å². The number of aryl methyl sites for hydroxylation is 2. The Kier molecular flexibility index (Phi) is 6.82. The van der Waals surface area contributed by atoms with Crippen LogP contribution in [-0.4, -0.2) is 24.8 Å². The first kappa shape index (κ1) is 18.5. The van der Waals surface area contributed by atoms with Crippen molar-refractivity contribution in [1.82, 2.24) is 5.32 Å². The topological polar surface area (TPSA) is 55.4 Å². The molecule has 6 heteroatoms. The van der Waals surface area contributed by atoms with Gasteiger partial charge in [-0.15, -0.1) is 11.3 Å². The van der Waals surface area contributed by atoms with Crippen LogP contribution in [0.2, 0.25) is 5.02 Å². The van der Waals surface area contributed by atoms with Crippen LogP contribution in [0.4, 0.5) is 0 Å². The molecular formula is C18H20ClNO3S. The van der Waals surface area contributed by atoms with Crippen LogP contribution in [0.3, 0.4) is 0 Å². The Balaban J connectivity index is 1.66. The van der Waals surface area contributed by atoms with Crippen LogP contribution in [0, 0.1) is 13.8 Å². The second-order valence-corrected chi connectivity index (χ2v) is 7.30. The van der Waals surface area contributed by atoms with E-state index in [1.807, 2.05) is 19.9 Å². The maximum Gasteiger partial charge on any atom is 0.220 e. The fourth-order valence-corrected chi connectivity index (χ4v) is 3.40. The summed E-state index contributed by atoms with van der Waals surface area (Å²) in [5.41, 5.74) is 0.731. The van der Waals surface area contributed by atoms with Gasteiger partial charge in [0.2, 0.25) is 5.91 Å². The Morgan fingerprint density at radius 2 is 2.00 bits per heavy atom. The van der Waals surface area contributed by atoms with Crippen molar-refractivity contribution >= 4 is 34.6 Å². The normalized spacial score (nSPS) is 10.5. The number of carbonyl (C=O) groups excluding carboxylic acids is 2. The zero-order valence-electron chi connectivity index (χ0n) is 13.7. The standard InChI is InChI=1S/C18H20ClNO3S/c1-12-10-16(13(2)24-12)17(21)6-7-18(22)20-8-9-23-15-5-3-4-14(19)11-15/h3-5,10-11H,6-9H2,1-2H3,(H,20,22). The minimum atomic E-state index is -0.150. The first-order chi connectivity index (χ1) is 11.5. The molecule has 1 amide bonds. The molecule has 0 bridgehead atoms. The molecular weight excluding hydrogens is 346 g/mol. The largest absolute Gasteiger partial charge is 0.492 e. The quantitative estimate of drug-likeness (QED) is 0.564. The molecule has 0 aliphatic carbocycles. The Labute approximate surface area is 150 Å². The SMILES string of the molecule is Cc1cc(C(=O)CCC(=O)NCCOc2cccc(Cl)c2)c(C)s1. The van der Waals surface area contributed by atoms with Gasteiger partial charge in [-0.1, -0.05) is 17.7 Å². The summed E-state index contributed by atoms with van der Waals surface area (Å²) in [6, 6.07) is 8.98. The lowest BCUT2D eigenvalue weighted by atomic mass is 10.1. The molecule has 0 unspecified atom stereocenters. The van der Waals surface area contributed by atoms with E-state index in [0.29, 0.717) is 23.9 Å². The highest BCUT2D eigenvalue weighted by molar-refractivity contribution is 7.12. The molecule has 0 saturated carbocycles. The Hall–Kier alpha value is -1.85. The van der Waals surface area contributed by atoms with Crippen LogP contribution in [0.1, 0.15) is 33.0 Å². The maximum absolute atomic E-state index is 12.1. The van der Waals surface area contributed by atoms with Gasteiger partial charge in [-0.25, -0.2) is 0 Å². The van der Waals surface area contributed by atoms with Crippen LogP contribution >= 0.6 is 22.9 Å². The Morgan fingerprint density at radius 1 is 1.21 bits per heavy atom. The van der Waals surface area contributed by atoms with Crippen molar-refractivity contribution in [2.24, 2.45) is 0 Å². The lowest BCUT2D eigenvalue weighted by molar-refractivity contribution is -0.121. The average molecular weight is 366 g/mol. The third kappa shape index (κ3) is 5.65. The molecule has 0 aliphatic heterocycles. The van der Waals surface area contributed by atoms with Crippen molar-refractivity contribution in [3.8, 4) is 5.75 Å². The van der Waals surface area contributed by atoms with Gasteiger partial charge in [-0.2, -0.15) is 0 Å². The van der Waals surface area contributed by atoms with Gasteiger partial charge < -0.3 is 10.1 Å². The van der Waals surface area contributed by atoms with Crippen molar-refractivity contribution in [2.75, 3.05) is 13.2 Å². The number of hydrogen-bond donors (Lipinski definition) is 1. The molecule has 1 aromatic heterocycles. The van der Waals surface area contributed by atoms with Crippen molar-refractivity contribution < 1.29 is 14.3 Å². The van der Waals surface area contributed by atoms with E-state index in [2.05, 4.69) is 5.32 Å². The molecule has 0 atom stereocenters. The molecule has 24 heavy (non-hydrogen) atoms. The number of rotatable bonds is 8. The summed E-state index contributed by atoms with van der Waals surface area (Å²) < 4.78 is 5.49. The van der Waals surface area contributed by atoms with Gasteiger partial charge in [-0.05, 0) is 38.1 Å². The first-order valence-electron chi connectivity index (χ1n) is 7.71. The predicted molar refractivity (Wildman–Crippen MR) is 97.3 cm³/mol. The van der Waals surface area contributed by atoms with Crippen molar-refractivity contribution in [3.63, 3.8) is 0 Å². The third-order valence-corrected chi connectivity index (χ3v) is 4.61. The highest BCUT2D eigenvalue weighted by Gasteiger charge is 2.13. The number of nitrogens with one attached hydrogen (secondary N) is 1. The number of Topliss-reactive ketones (excluding diaryl/α,β-unsaturated/α-hetero) is 1. The maximum atomic E-state index is 12.1. The van der Waals surface area contributed by atoms with E-state index in [-0.39, 0.29) is 24.5 Å². The number of benzene rings is 1. The summed E-state index contributed by atoms with van der Waals surface area (Å²) in [5, 5.41) is 3.35. The van der Waals surface area contributed by atoms with Crippen molar-refractivity contribution in [1.29, 1.82) is 0 Å². The lowest BCUT2D eigenvalue weighted by Gasteiger charge is -2.08. The molecule has 4 nitrogen and oxygen atoms in total. The van der Waals surface area contributed by atoms with E-state index < -0.39 is 0 Å². The van der Waals surface area contributed by atoms with Crippen LogP contribution in [0.5, 0.6) is 5.75 Å². The van der Waals surface area contributed by atoms with Crippen LogP contribution in [0.15, 0.2) is 30.3 Å². The number of ether oxygens (including phenoxy) is 1. The molecule has 2 rings (SSSR count). The summed E-state index contributed by atoms with van der Waals surface area (Å²) in [4.78, 5) is 26.0. The van der Waals surface area contributed by atoms with E-state index in [4.69, 9.17) is 16.3 Å². The number of hydrogen-bond acceptors (Lipinski definition) is 4. The molecule has 0 saturated heterocycles. The summed E-state index contributed by atoms with van der Waals surface area (Å²) in [5.74, 6) is 0.528. The molecule has 0 spiro atoms. The second kappa shape index (κ2) is 8.85. The average Bonchev–Trinajstić information content (AvgIpc) is 2.88. The van der Waals surface area contributed by atoms with Gasteiger partial charge >= 0.3 is 0 Å². The molecule has 0 radical (unpaired) electrons. The van der Waals surface area contributed by atoms with Gasteiger partial charge in [0.1, 0.15) is 12.4 Å². The summed E-state index contributed by atoms with van der Waals surface area (Å²) in [7, 11) is 0. The highest BCUT2D eigenvalue weighted by Crippen LogP contribution is 2.22. The number of thiophene rings is 1. The van der Waals surface area contributed by atoms with Crippen LogP contribution < -0.4 is 10.1 Å². The van der Waals surface area contributed by atoms with Crippen molar-refractivity contribution in [2.45, 2.75) is 26.7 Å². The first-order valence-corrected chi connectivity index (χ1v) is 8.90. The fraction of sp³-hybridized carbons (Fsp3) is 0.333. The van der Waals surface area contributed by atoms with Crippen LogP contribution in [-0.2, 0) is 4.79 Å².